The van der Waals surface area contributed by atoms with Crippen LogP contribution in [0.4, 0.5) is 11.8 Å². The van der Waals surface area contributed by atoms with Crippen molar-refractivity contribution in [3.63, 3.8) is 0 Å². The molecule has 1 aliphatic carbocycles. The van der Waals surface area contributed by atoms with Gasteiger partial charge in [-0.15, -0.1) is 0 Å². The molecule has 2 aromatic heterocycles. The summed E-state index contributed by atoms with van der Waals surface area (Å²) in [6.45, 7) is -0.965. The molecular formula is C17H29N6O13P3. The zero-order chi connectivity index (χ0) is 28.6. The average molecular weight is 618 g/mol. The van der Waals surface area contributed by atoms with Gasteiger partial charge in [-0.25, -0.2) is 28.6 Å². The maximum Gasteiger partial charge on any atom is 0.490 e. The molecule has 0 radical (unpaired) electrons. The molecule has 1 aliphatic heterocycles. The fourth-order valence-electron chi connectivity index (χ4n) is 4.43. The number of ether oxygens (including phenoxy) is 1. The number of phosphoric acid groups is 3. The number of aromatic nitrogens is 4. The predicted octanol–water partition coefficient (Wildman–Crippen LogP) is 0.506. The lowest BCUT2D eigenvalue weighted by molar-refractivity contribution is -0.0494. The lowest BCUT2D eigenvalue weighted by Gasteiger charge is -2.23. The highest BCUT2D eigenvalue weighted by atomic mass is 31.3. The molecule has 2 aromatic rings. The lowest BCUT2D eigenvalue weighted by atomic mass is 10.1. The van der Waals surface area contributed by atoms with E-state index in [-0.39, 0.29) is 29.0 Å². The Bertz CT molecular complexity index is 1310. The van der Waals surface area contributed by atoms with Crippen LogP contribution in [0.3, 0.4) is 0 Å². The van der Waals surface area contributed by atoms with E-state index in [4.69, 9.17) is 20.3 Å². The first-order valence-electron chi connectivity index (χ1n) is 11.7. The number of nitrogens with one attached hydrogen (secondary N) is 1. The van der Waals surface area contributed by atoms with E-state index in [2.05, 4.69) is 33.4 Å². The largest absolute Gasteiger partial charge is 0.490 e. The normalized spacial score (nSPS) is 28.2. The number of nitrogens with zero attached hydrogens (tertiary/aromatic N) is 4. The number of nitrogens with two attached hydrogens (primary N) is 1. The molecule has 3 heterocycles. The van der Waals surface area contributed by atoms with Gasteiger partial charge in [0.25, 0.3) is 0 Å². The molecule has 220 valence electrons. The van der Waals surface area contributed by atoms with Crippen molar-refractivity contribution < 1.29 is 61.4 Å². The van der Waals surface area contributed by atoms with Crippen molar-refractivity contribution in [3.8, 4) is 0 Å². The molecule has 19 nitrogen and oxygen atoms in total. The molecule has 0 bridgehead atoms. The summed E-state index contributed by atoms with van der Waals surface area (Å²) in [5.41, 5.74) is 6.34. The van der Waals surface area contributed by atoms with Gasteiger partial charge in [-0.1, -0.05) is 25.7 Å². The topological polar surface area (TPSA) is 291 Å². The molecule has 1 saturated carbocycles. The van der Waals surface area contributed by atoms with Gasteiger partial charge in [0.15, 0.2) is 23.2 Å². The quantitative estimate of drug-likeness (QED) is 0.133. The molecule has 2 fully saturated rings. The third-order valence-electron chi connectivity index (χ3n) is 6.10. The van der Waals surface area contributed by atoms with Crippen LogP contribution in [0, 0.1) is 0 Å². The van der Waals surface area contributed by atoms with Crippen LogP contribution in [0.1, 0.15) is 44.8 Å². The minimum absolute atomic E-state index is 0.0433. The predicted molar refractivity (Wildman–Crippen MR) is 131 cm³/mol. The standard InChI is InChI=1S/C17H29N6O13P3/c18-14-11-15(20-8-19-14)23(17(22-11)21-9-5-3-1-2-4-6-9)16-13(25)12(24)10(34-16)7-33-38(29,30)36-39(31,32)35-37(26,27)28/h8-10,12-13,16,24-25H,1-7H2,(H,21,22)(H,29,30)(H,31,32)(H2,18,19,20)(H2,26,27,28)/t10-,12-,13-,16-/m1/s1. The summed E-state index contributed by atoms with van der Waals surface area (Å²) >= 11 is 0. The maximum atomic E-state index is 12.1. The zero-order valence-electron chi connectivity index (χ0n) is 20.2. The number of imidazole rings is 1. The Labute approximate surface area is 220 Å². The monoisotopic (exact) mass is 618 g/mol. The first-order valence-corrected chi connectivity index (χ1v) is 16.2. The van der Waals surface area contributed by atoms with E-state index in [1.54, 1.807) is 0 Å². The van der Waals surface area contributed by atoms with E-state index in [9.17, 15) is 33.7 Å². The highest BCUT2D eigenvalue weighted by Gasteiger charge is 2.47. The second-order valence-electron chi connectivity index (χ2n) is 9.00. The fraction of sp³-hybridized carbons (Fsp3) is 0.706. The third kappa shape index (κ3) is 7.59. The molecule has 9 N–H and O–H groups in total. The summed E-state index contributed by atoms with van der Waals surface area (Å²) in [6.07, 6.45) is 0.936. The van der Waals surface area contributed by atoms with E-state index < -0.39 is 54.6 Å². The molecule has 22 heteroatoms. The van der Waals surface area contributed by atoms with Gasteiger partial charge >= 0.3 is 23.5 Å². The maximum absolute atomic E-state index is 12.1. The Hall–Kier alpha value is -1.56. The van der Waals surface area contributed by atoms with Crippen molar-refractivity contribution in [2.45, 2.75) is 69.1 Å². The third-order valence-corrected chi connectivity index (χ3v) is 9.91. The number of aliphatic hydroxyl groups excluding tert-OH is 2. The summed E-state index contributed by atoms with van der Waals surface area (Å²) < 4.78 is 53.4. The second kappa shape index (κ2) is 11.7. The number of nitrogen functional groups attached to an aromatic ring is 1. The molecular weight excluding hydrogens is 589 g/mol. The Kier molecular flexibility index (Phi) is 9.15. The van der Waals surface area contributed by atoms with E-state index in [0.29, 0.717) is 0 Å². The van der Waals surface area contributed by atoms with Crippen LogP contribution in [-0.4, -0.2) is 80.3 Å². The molecule has 4 rings (SSSR count). The summed E-state index contributed by atoms with van der Waals surface area (Å²) in [5, 5.41) is 24.7. The van der Waals surface area contributed by atoms with Crippen molar-refractivity contribution in [1.29, 1.82) is 0 Å². The van der Waals surface area contributed by atoms with Crippen LogP contribution in [0.25, 0.3) is 11.2 Å². The summed E-state index contributed by atoms with van der Waals surface area (Å²) in [7, 11) is -16.8. The van der Waals surface area contributed by atoms with Crippen molar-refractivity contribution in [2.75, 3.05) is 17.7 Å². The van der Waals surface area contributed by atoms with E-state index in [0.717, 1.165) is 38.5 Å². The zero-order valence-corrected chi connectivity index (χ0v) is 22.8. The van der Waals surface area contributed by atoms with Crippen LogP contribution in [0.2, 0.25) is 0 Å². The van der Waals surface area contributed by atoms with Gasteiger partial charge in [0.05, 0.1) is 6.61 Å². The number of phosphoric ester groups is 1. The van der Waals surface area contributed by atoms with Crippen LogP contribution < -0.4 is 11.1 Å². The Balaban J connectivity index is 1.54. The second-order valence-corrected chi connectivity index (χ2v) is 13.4. The Morgan fingerprint density at radius 1 is 1.00 bits per heavy atom. The molecule has 0 amide bonds. The minimum atomic E-state index is -5.74. The number of anilines is 2. The van der Waals surface area contributed by atoms with Gasteiger partial charge in [0, 0.05) is 6.04 Å². The van der Waals surface area contributed by atoms with E-state index in [1.165, 1.54) is 10.9 Å². The number of hydrogen-bond donors (Lipinski definition) is 8. The molecule has 0 spiro atoms. The highest BCUT2D eigenvalue weighted by Crippen LogP contribution is 2.66. The molecule has 6 atom stereocenters. The molecule has 0 aromatic carbocycles. The van der Waals surface area contributed by atoms with Gasteiger partial charge in [0.2, 0.25) is 5.95 Å². The number of fused-ring (bicyclic) bond motifs is 1. The minimum Gasteiger partial charge on any atom is -0.387 e. The summed E-state index contributed by atoms with van der Waals surface area (Å²) in [6, 6.07) is 0.0433. The Morgan fingerprint density at radius 3 is 2.31 bits per heavy atom. The highest BCUT2D eigenvalue weighted by molar-refractivity contribution is 7.66. The van der Waals surface area contributed by atoms with Gasteiger partial charge in [-0.3, -0.25) is 9.09 Å². The van der Waals surface area contributed by atoms with Crippen molar-refractivity contribution in [2.24, 2.45) is 0 Å². The molecule has 1 saturated heterocycles. The van der Waals surface area contributed by atoms with Gasteiger partial charge in [0.1, 0.15) is 24.6 Å². The number of hydrogen-bond acceptors (Lipinski definition) is 14. The summed E-state index contributed by atoms with van der Waals surface area (Å²) in [4.78, 5) is 48.8. The fourth-order valence-corrected chi connectivity index (χ4v) is 7.46. The van der Waals surface area contributed by atoms with Gasteiger partial charge in [-0.2, -0.15) is 8.62 Å². The molecule has 2 unspecified atom stereocenters. The van der Waals surface area contributed by atoms with E-state index in [1.807, 2.05) is 0 Å². The Morgan fingerprint density at radius 2 is 1.67 bits per heavy atom. The first kappa shape index (κ1) is 30.4. The SMILES string of the molecule is Nc1ncnc2c1nc(NC1CCCCCC1)n2[C@@H]1O[C@H](COP(=O)(O)OP(=O)(O)OP(=O)(O)O)[C@@H](O)[C@H]1O. The van der Waals surface area contributed by atoms with Crippen LogP contribution in [-0.2, 0) is 31.6 Å². The van der Waals surface area contributed by atoms with Crippen LogP contribution in [0.15, 0.2) is 6.33 Å². The van der Waals surface area contributed by atoms with Crippen molar-refractivity contribution in [3.05, 3.63) is 6.33 Å². The van der Waals surface area contributed by atoms with Crippen LogP contribution >= 0.6 is 23.5 Å². The van der Waals surface area contributed by atoms with Crippen LogP contribution in [0.5, 0.6) is 0 Å². The van der Waals surface area contributed by atoms with Gasteiger partial charge in [-0.05, 0) is 12.8 Å². The number of aliphatic hydroxyl groups is 2. The molecule has 2 aliphatic rings. The lowest BCUT2D eigenvalue weighted by Crippen LogP contribution is -2.34. The summed E-state index contributed by atoms with van der Waals surface area (Å²) in [5.74, 6) is 0.286. The van der Waals surface area contributed by atoms with Crippen molar-refractivity contribution in [1.82, 2.24) is 19.5 Å². The van der Waals surface area contributed by atoms with E-state index >= 15 is 0 Å². The van der Waals surface area contributed by atoms with Crippen molar-refractivity contribution >= 4 is 46.4 Å². The number of rotatable bonds is 10. The smallest absolute Gasteiger partial charge is 0.387 e. The van der Waals surface area contributed by atoms with Gasteiger partial charge < -0.3 is 45.6 Å². The first-order chi connectivity index (χ1) is 18.2. The molecule has 39 heavy (non-hydrogen) atoms. The average Bonchev–Trinajstić information content (AvgIpc) is 3.15.